The zero-order valence-electron chi connectivity index (χ0n) is 9.58. The molecule has 0 radical (unpaired) electrons. The fraction of sp³-hybridized carbons (Fsp3) is 0.538. The molecule has 1 aromatic rings. The standard InChI is InChI=1S/C13H18ClNO/c1-10(12-6-7-16-9-12)15-8-11-2-4-13(14)5-3-11/h2-5,10,12,15H,6-9H2,1H3. The third-order valence-corrected chi connectivity index (χ3v) is 3.47. The highest BCUT2D eigenvalue weighted by atomic mass is 35.5. The SMILES string of the molecule is CC(NCc1ccc(Cl)cc1)C1CCOC1. The van der Waals surface area contributed by atoms with Gasteiger partial charge in [0.05, 0.1) is 6.61 Å². The van der Waals surface area contributed by atoms with Crippen LogP contribution in [0.2, 0.25) is 5.02 Å². The van der Waals surface area contributed by atoms with Crippen LogP contribution in [0.5, 0.6) is 0 Å². The summed E-state index contributed by atoms with van der Waals surface area (Å²) in [7, 11) is 0. The maximum absolute atomic E-state index is 5.84. The van der Waals surface area contributed by atoms with Crippen molar-refractivity contribution in [3.8, 4) is 0 Å². The predicted octanol–water partition coefficient (Wildman–Crippen LogP) is 2.85. The molecule has 2 atom stereocenters. The lowest BCUT2D eigenvalue weighted by Gasteiger charge is -2.19. The number of ether oxygens (including phenoxy) is 1. The van der Waals surface area contributed by atoms with Gasteiger partial charge < -0.3 is 10.1 Å². The molecular formula is C13H18ClNO. The van der Waals surface area contributed by atoms with Crippen molar-refractivity contribution < 1.29 is 4.74 Å². The fourth-order valence-corrected chi connectivity index (χ4v) is 2.12. The molecule has 2 rings (SSSR count). The van der Waals surface area contributed by atoms with E-state index in [0.717, 1.165) is 24.8 Å². The minimum Gasteiger partial charge on any atom is -0.381 e. The zero-order chi connectivity index (χ0) is 11.4. The summed E-state index contributed by atoms with van der Waals surface area (Å²) < 4.78 is 5.39. The molecule has 2 nitrogen and oxygen atoms in total. The molecule has 0 saturated carbocycles. The molecule has 1 aliphatic rings. The molecule has 0 aromatic heterocycles. The van der Waals surface area contributed by atoms with E-state index in [9.17, 15) is 0 Å². The minimum absolute atomic E-state index is 0.512. The summed E-state index contributed by atoms with van der Waals surface area (Å²) in [6.07, 6.45) is 1.18. The number of halogens is 1. The van der Waals surface area contributed by atoms with Crippen molar-refractivity contribution in [3.05, 3.63) is 34.9 Å². The maximum atomic E-state index is 5.84. The summed E-state index contributed by atoms with van der Waals surface area (Å²) in [5, 5.41) is 4.33. The van der Waals surface area contributed by atoms with Crippen molar-refractivity contribution >= 4 is 11.6 Å². The molecule has 0 aliphatic carbocycles. The van der Waals surface area contributed by atoms with Crippen molar-refractivity contribution in [2.75, 3.05) is 13.2 Å². The Balaban J connectivity index is 1.80. The Hall–Kier alpha value is -0.570. The lowest BCUT2D eigenvalue weighted by Crippen LogP contribution is -2.33. The minimum atomic E-state index is 0.512. The van der Waals surface area contributed by atoms with Crippen LogP contribution in [0.1, 0.15) is 18.9 Å². The van der Waals surface area contributed by atoms with Gasteiger partial charge in [-0.2, -0.15) is 0 Å². The van der Waals surface area contributed by atoms with Gasteiger partial charge in [-0.25, -0.2) is 0 Å². The van der Waals surface area contributed by atoms with Gasteiger partial charge in [0.15, 0.2) is 0 Å². The summed E-state index contributed by atoms with van der Waals surface area (Å²) in [4.78, 5) is 0. The summed E-state index contributed by atoms with van der Waals surface area (Å²) in [6, 6.07) is 8.50. The van der Waals surface area contributed by atoms with Crippen LogP contribution < -0.4 is 5.32 Å². The summed E-state index contributed by atoms with van der Waals surface area (Å²) in [5.41, 5.74) is 1.27. The van der Waals surface area contributed by atoms with E-state index in [4.69, 9.17) is 16.3 Å². The highest BCUT2D eigenvalue weighted by molar-refractivity contribution is 6.30. The number of hydrogen-bond acceptors (Lipinski definition) is 2. The second-order valence-corrected chi connectivity index (χ2v) is 4.86. The van der Waals surface area contributed by atoms with E-state index in [-0.39, 0.29) is 0 Å². The van der Waals surface area contributed by atoms with Crippen LogP contribution in [0.3, 0.4) is 0 Å². The maximum Gasteiger partial charge on any atom is 0.0509 e. The molecule has 88 valence electrons. The Labute approximate surface area is 102 Å². The van der Waals surface area contributed by atoms with E-state index in [1.807, 2.05) is 12.1 Å². The van der Waals surface area contributed by atoms with Crippen molar-refractivity contribution in [3.63, 3.8) is 0 Å². The van der Waals surface area contributed by atoms with Gasteiger partial charge in [0.1, 0.15) is 0 Å². The Morgan fingerprint density at radius 3 is 2.81 bits per heavy atom. The Kier molecular flexibility index (Phi) is 4.22. The van der Waals surface area contributed by atoms with Gasteiger partial charge in [0.2, 0.25) is 0 Å². The van der Waals surface area contributed by atoms with Gasteiger partial charge in [0, 0.05) is 24.2 Å². The molecule has 16 heavy (non-hydrogen) atoms. The van der Waals surface area contributed by atoms with Gasteiger partial charge in [-0.1, -0.05) is 23.7 Å². The Bertz CT molecular complexity index is 319. The fourth-order valence-electron chi connectivity index (χ4n) is 1.99. The highest BCUT2D eigenvalue weighted by Crippen LogP contribution is 2.17. The van der Waals surface area contributed by atoms with Crippen LogP contribution in [0, 0.1) is 5.92 Å². The van der Waals surface area contributed by atoms with E-state index < -0.39 is 0 Å². The molecule has 1 aromatic carbocycles. The first kappa shape index (κ1) is 11.9. The normalized spacial score (nSPS) is 22.2. The lowest BCUT2D eigenvalue weighted by molar-refractivity contribution is 0.178. The van der Waals surface area contributed by atoms with Crippen molar-refractivity contribution in [2.45, 2.75) is 25.9 Å². The molecule has 3 heteroatoms. The van der Waals surface area contributed by atoms with Gasteiger partial charge in [-0.15, -0.1) is 0 Å². The molecular weight excluding hydrogens is 222 g/mol. The third kappa shape index (κ3) is 3.21. The molecule has 1 heterocycles. The average molecular weight is 240 g/mol. The molecule has 1 aliphatic heterocycles. The molecule has 0 amide bonds. The summed E-state index contributed by atoms with van der Waals surface area (Å²) in [6.45, 7) is 4.94. The topological polar surface area (TPSA) is 21.3 Å². The number of benzene rings is 1. The number of hydrogen-bond donors (Lipinski definition) is 1. The van der Waals surface area contributed by atoms with E-state index in [1.165, 1.54) is 12.0 Å². The molecule has 1 fully saturated rings. The van der Waals surface area contributed by atoms with Crippen LogP contribution in [0.25, 0.3) is 0 Å². The zero-order valence-corrected chi connectivity index (χ0v) is 10.3. The van der Waals surface area contributed by atoms with E-state index in [2.05, 4.69) is 24.4 Å². The van der Waals surface area contributed by atoms with E-state index in [1.54, 1.807) is 0 Å². The summed E-state index contributed by atoms with van der Waals surface area (Å²) in [5.74, 6) is 0.660. The monoisotopic (exact) mass is 239 g/mol. The van der Waals surface area contributed by atoms with Crippen LogP contribution in [0.15, 0.2) is 24.3 Å². The van der Waals surface area contributed by atoms with Crippen LogP contribution in [0.4, 0.5) is 0 Å². The average Bonchev–Trinajstić information content (AvgIpc) is 2.81. The summed E-state index contributed by atoms with van der Waals surface area (Å²) >= 11 is 5.84. The molecule has 0 bridgehead atoms. The number of rotatable bonds is 4. The van der Waals surface area contributed by atoms with Crippen LogP contribution >= 0.6 is 11.6 Å². The van der Waals surface area contributed by atoms with E-state index in [0.29, 0.717) is 12.0 Å². The molecule has 1 N–H and O–H groups in total. The van der Waals surface area contributed by atoms with Gasteiger partial charge in [-0.05, 0) is 37.0 Å². The first-order valence-electron chi connectivity index (χ1n) is 5.81. The van der Waals surface area contributed by atoms with Crippen molar-refractivity contribution in [1.29, 1.82) is 0 Å². The molecule has 0 spiro atoms. The largest absolute Gasteiger partial charge is 0.381 e. The molecule has 2 unspecified atom stereocenters. The highest BCUT2D eigenvalue weighted by Gasteiger charge is 2.21. The van der Waals surface area contributed by atoms with E-state index >= 15 is 0 Å². The first-order valence-corrected chi connectivity index (χ1v) is 6.19. The second-order valence-electron chi connectivity index (χ2n) is 4.42. The Morgan fingerprint density at radius 1 is 1.44 bits per heavy atom. The van der Waals surface area contributed by atoms with Crippen LogP contribution in [-0.2, 0) is 11.3 Å². The lowest BCUT2D eigenvalue weighted by atomic mass is 10.0. The Morgan fingerprint density at radius 2 is 2.19 bits per heavy atom. The van der Waals surface area contributed by atoms with Crippen molar-refractivity contribution in [2.24, 2.45) is 5.92 Å². The predicted molar refractivity (Wildman–Crippen MR) is 66.7 cm³/mol. The smallest absolute Gasteiger partial charge is 0.0509 e. The quantitative estimate of drug-likeness (QED) is 0.873. The van der Waals surface area contributed by atoms with Gasteiger partial charge in [0.25, 0.3) is 0 Å². The van der Waals surface area contributed by atoms with Crippen LogP contribution in [-0.4, -0.2) is 19.3 Å². The number of nitrogens with one attached hydrogen (secondary N) is 1. The first-order chi connectivity index (χ1) is 7.75. The second kappa shape index (κ2) is 5.67. The third-order valence-electron chi connectivity index (χ3n) is 3.21. The van der Waals surface area contributed by atoms with Crippen molar-refractivity contribution in [1.82, 2.24) is 5.32 Å². The molecule has 1 saturated heterocycles. The van der Waals surface area contributed by atoms with Gasteiger partial charge in [-0.3, -0.25) is 0 Å². The van der Waals surface area contributed by atoms with Gasteiger partial charge >= 0.3 is 0 Å².